The lowest BCUT2D eigenvalue weighted by molar-refractivity contribution is -0.148. The number of hydrogen-bond acceptors (Lipinski definition) is 3. The van der Waals surface area contributed by atoms with Gasteiger partial charge in [0, 0.05) is 13.1 Å². The monoisotopic (exact) mass is 294 g/mol. The molecule has 1 atom stereocenters. The van der Waals surface area contributed by atoms with Gasteiger partial charge in [0.15, 0.2) is 0 Å². The Bertz CT molecular complexity index is 576. The smallest absolute Gasteiger partial charge is 0.311 e. The van der Waals surface area contributed by atoms with Crippen molar-refractivity contribution in [1.29, 1.82) is 0 Å². The largest absolute Gasteiger partial charge is 0.481 e. The maximum absolute atomic E-state index is 13.8. The molecule has 1 aromatic rings. The van der Waals surface area contributed by atoms with Crippen LogP contribution in [0.3, 0.4) is 0 Å². The second-order valence-electron chi connectivity index (χ2n) is 5.51. The highest BCUT2D eigenvalue weighted by molar-refractivity contribution is 5.99. The molecule has 1 aliphatic heterocycles. The summed E-state index contributed by atoms with van der Waals surface area (Å²) >= 11 is 0. The Morgan fingerprint density at radius 3 is 2.76 bits per heavy atom. The lowest BCUT2D eigenvalue weighted by atomic mass is 9.83. The summed E-state index contributed by atoms with van der Waals surface area (Å²) in [6.45, 7) is 2.67. The molecule has 2 rings (SSSR count). The van der Waals surface area contributed by atoms with Crippen LogP contribution in [0, 0.1) is 11.2 Å². The van der Waals surface area contributed by atoms with E-state index in [0.717, 1.165) is 6.42 Å². The van der Waals surface area contributed by atoms with Crippen LogP contribution < -0.4 is 10.6 Å². The van der Waals surface area contributed by atoms with Crippen LogP contribution in [-0.4, -0.2) is 30.1 Å². The Labute approximate surface area is 122 Å². The standard InChI is InChI=1S/C15H19FN2O3/c1-2-6-15(14(20)21)7-8-18(9-15)11-5-3-4-10(16)12(11)13(17)19/h3-5H,2,6-9H2,1H3,(H2,17,19)(H,20,21). The van der Waals surface area contributed by atoms with Crippen molar-refractivity contribution in [3.8, 4) is 0 Å². The molecule has 6 heteroatoms. The first-order valence-electron chi connectivity index (χ1n) is 6.98. The van der Waals surface area contributed by atoms with Crippen LogP contribution >= 0.6 is 0 Å². The zero-order chi connectivity index (χ0) is 15.6. The van der Waals surface area contributed by atoms with E-state index in [1.54, 1.807) is 11.0 Å². The van der Waals surface area contributed by atoms with Gasteiger partial charge in [0.1, 0.15) is 5.82 Å². The van der Waals surface area contributed by atoms with Crippen molar-refractivity contribution in [3.63, 3.8) is 0 Å². The van der Waals surface area contributed by atoms with Crippen LogP contribution in [0.2, 0.25) is 0 Å². The Morgan fingerprint density at radius 1 is 1.48 bits per heavy atom. The molecule has 1 aliphatic rings. The predicted molar refractivity (Wildman–Crippen MR) is 76.7 cm³/mol. The first-order chi connectivity index (χ1) is 9.91. The fraction of sp³-hybridized carbons (Fsp3) is 0.467. The van der Waals surface area contributed by atoms with Gasteiger partial charge in [-0.1, -0.05) is 19.4 Å². The zero-order valence-electron chi connectivity index (χ0n) is 11.9. The average Bonchev–Trinajstić information content (AvgIpc) is 2.84. The third-order valence-corrected chi connectivity index (χ3v) is 4.11. The van der Waals surface area contributed by atoms with Gasteiger partial charge in [0.2, 0.25) is 0 Å². The third kappa shape index (κ3) is 2.70. The molecule has 0 spiro atoms. The number of primary amides is 1. The zero-order valence-corrected chi connectivity index (χ0v) is 11.9. The van der Waals surface area contributed by atoms with Crippen LogP contribution in [-0.2, 0) is 4.79 Å². The first kappa shape index (κ1) is 15.3. The van der Waals surface area contributed by atoms with E-state index >= 15 is 0 Å². The molecule has 3 N–H and O–H groups in total. The van der Waals surface area contributed by atoms with Gasteiger partial charge in [-0.25, -0.2) is 4.39 Å². The number of carboxylic acid groups (broad SMARTS) is 1. The summed E-state index contributed by atoms with van der Waals surface area (Å²) in [5, 5.41) is 9.50. The van der Waals surface area contributed by atoms with Gasteiger partial charge in [-0.15, -0.1) is 0 Å². The van der Waals surface area contributed by atoms with E-state index in [9.17, 15) is 19.1 Å². The van der Waals surface area contributed by atoms with E-state index in [-0.39, 0.29) is 12.1 Å². The van der Waals surface area contributed by atoms with Crippen molar-refractivity contribution in [3.05, 3.63) is 29.6 Å². The average molecular weight is 294 g/mol. The van der Waals surface area contributed by atoms with Crippen molar-refractivity contribution in [2.24, 2.45) is 11.1 Å². The minimum atomic E-state index is -0.844. The van der Waals surface area contributed by atoms with Crippen LogP contribution in [0.5, 0.6) is 0 Å². The minimum Gasteiger partial charge on any atom is -0.481 e. The fourth-order valence-electron chi connectivity index (χ4n) is 3.06. The highest BCUT2D eigenvalue weighted by atomic mass is 19.1. The molecule has 0 aromatic heterocycles. The molecule has 21 heavy (non-hydrogen) atoms. The number of hydrogen-bond donors (Lipinski definition) is 2. The number of aliphatic carboxylic acids is 1. The van der Waals surface area contributed by atoms with Crippen LogP contribution in [0.25, 0.3) is 0 Å². The minimum absolute atomic E-state index is 0.171. The first-order valence-corrected chi connectivity index (χ1v) is 6.98. The topological polar surface area (TPSA) is 83.6 Å². The van der Waals surface area contributed by atoms with Crippen LogP contribution in [0.4, 0.5) is 10.1 Å². The van der Waals surface area contributed by atoms with Crippen LogP contribution in [0.15, 0.2) is 18.2 Å². The summed E-state index contributed by atoms with van der Waals surface area (Å²) in [5.74, 6) is -2.36. The van der Waals surface area contributed by atoms with Gasteiger partial charge in [-0.2, -0.15) is 0 Å². The fourth-order valence-corrected chi connectivity index (χ4v) is 3.06. The number of benzene rings is 1. The van der Waals surface area contributed by atoms with E-state index < -0.39 is 23.1 Å². The second-order valence-corrected chi connectivity index (χ2v) is 5.51. The van der Waals surface area contributed by atoms with Crippen molar-refractivity contribution in [2.75, 3.05) is 18.0 Å². The molecule has 0 bridgehead atoms. The molecule has 1 amide bonds. The van der Waals surface area contributed by atoms with Gasteiger partial charge in [0.05, 0.1) is 16.7 Å². The third-order valence-electron chi connectivity index (χ3n) is 4.11. The van der Waals surface area contributed by atoms with Gasteiger partial charge in [-0.3, -0.25) is 9.59 Å². The number of rotatable bonds is 5. The molecule has 0 aliphatic carbocycles. The lowest BCUT2D eigenvalue weighted by Crippen LogP contribution is -2.35. The van der Waals surface area contributed by atoms with Crippen molar-refractivity contribution in [2.45, 2.75) is 26.2 Å². The Morgan fingerprint density at radius 2 is 2.19 bits per heavy atom. The maximum Gasteiger partial charge on any atom is 0.311 e. The normalized spacial score (nSPS) is 21.5. The quantitative estimate of drug-likeness (QED) is 0.870. The van der Waals surface area contributed by atoms with Crippen LogP contribution in [0.1, 0.15) is 36.5 Å². The highest BCUT2D eigenvalue weighted by Crippen LogP contribution is 2.39. The summed E-state index contributed by atoms with van der Waals surface area (Å²) in [6, 6.07) is 4.28. The predicted octanol–water partition coefficient (Wildman–Crippen LogP) is 2.01. The molecular weight excluding hydrogens is 275 g/mol. The van der Waals surface area contributed by atoms with E-state index in [2.05, 4.69) is 0 Å². The second kappa shape index (κ2) is 5.71. The lowest BCUT2D eigenvalue weighted by Gasteiger charge is -2.26. The van der Waals surface area contributed by atoms with Gasteiger partial charge >= 0.3 is 5.97 Å². The molecule has 114 valence electrons. The molecule has 1 aromatic carbocycles. The molecule has 5 nitrogen and oxygen atoms in total. The number of carbonyl (C=O) groups excluding carboxylic acids is 1. The van der Waals surface area contributed by atoms with E-state index in [1.165, 1.54) is 12.1 Å². The number of anilines is 1. The SMILES string of the molecule is CCCC1(C(=O)O)CCN(c2cccc(F)c2C(N)=O)C1. The van der Waals surface area contributed by atoms with E-state index in [0.29, 0.717) is 25.1 Å². The summed E-state index contributed by atoms with van der Waals surface area (Å²) in [4.78, 5) is 24.8. The maximum atomic E-state index is 13.8. The van der Waals surface area contributed by atoms with Gasteiger partial charge in [-0.05, 0) is 25.0 Å². The summed E-state index contributed by atoms with van der Waals surface area (Å²) in [7, 11) is 0. The van der Waals surface area contributed by atoms with Crippen molar-refractivity contribution >= 4 is 17.6 Å². The molecule has 1 unspecified atom stereocenters. The molecule has 1 saturated heterocycles. The molecule has 1 heterocycles. The summed E-state index contributed by atoms with van der Waals surface area (Å²) < 4.78 is 13.8. The number of carbonyl (C=O) groups is 2. The van der Waals surface area contributed by atoms with Gasteiger partial charge in [0.25, 0.3) is 5.91 Å². The summed E-state index contributed by atoms with van der Waals surface area (Å²) in [6.07, 6.45) is 1.79. The van der Waals surface area contributed by atoms with E-state index in [4.69, 9.17) is 5.73 Å². The number of halogens is 1. The number of nitrogens with two attached hydrogens (primary N) is 1. The van der Waals surface area contributed by atoms with E-state index in [1.807, 2.05) is 6.92 Å². The Hall–Kier alpha value is -2.11. The molecular formula is C15H19FN2O3. The molecule has 1 fully saturated rings. The number of carboxylic acids is 1. The Balaban J connectivity index is 2.36. The van der Waals surface area contributed by atoms with Crippen molar-refractivity contribution < 1.29 is 19.1 Å². The number of nitrogens with zero attached hydrogens (tertiary/aromatic N) is 1. The van der Waals surface area contributed by atoms with Gasteiger partial charge < -0.3 is 15.7 Å². The van der Waals surface area contributed by atoms with Crippen molar-refractivity contribution in [1.82, 2.24) is 0 Å². The molecule has 0 saturated carbocycles. The number of amides is 1. The highest BCUT2D eigenvalue weighted by Gasteiger charge is 2.44. The summed E-state index contributed by atoms with van der Waals surface area (Å²) in [5.41, 5.74) is 4.62. The Kier molecular flexibility index (Phi) is 4.16. The molecule has 0 radical (unpaired) electrons.